The molecule has 7 heteroatoms. The van der Waals surface area contributed by atoms with Crippen LogP contribution in [-0.2, 0) is 5.41 Å². The molecule has 1 rings (SSSR count). The number of nitrogens with two attached hydrogens (primary N) is 1. The van der Waals surface area contributed by atoms with E-state index in [-0.39, 0.29) is 17.3 Å². The van der Waals surface area contributed by atoms with Crippen molar-refractivity contribution in [2.24, 2.45) is 10.9 Å². The van der Waals surface area contributed by atoms with Gasteiger partial charge in [0, 0.05) is 36.0 Å². The zero-order chi connectivity index (χ0) is 14.6. The van der Waals surface area contributed by atoms with Crippen LogP contribution in [0.4, 0.5) is 5.13 Å². The van der Waals surface area contributed by atoms with E-state index in [0.717, 1.165) is 11.0 Å². The van der Waals surface area contributed by atoms with Gasteiger partial charge in [0.1, 0.15) is 11.7 Å². The fraction of sp³-hybridized carbons (Fsp3) is 0.750. The van der Waals surface area contributed by atoms with Crippen LogP contribution in [0, 0.1) is 0 Å². The highest BCUT2D eigenvalue weighted by atomic mass is 32.1. The molecule has 1 heterocycles. The van der Waals surface area contributed by atoms with Crippen LogP contribution in [0.3, 0.4) is 0 Å². The lowest BCUT2D eigenvalue weighted by Gasteiger charge is -2.25. The summed E-state index contributed by atoms with van der Waals surface area (Å²) in [7, 11) is 0. The van der Waals surface area contributed by atoms with Gasteiger partial charge in [-0.25, -0.2) is 4.98 Å². The average Bonchev–Trinajstić information content (AvgIpc) is 2.77. The molecule has 1 aromatic rings. The third kappa shape index (κ3) is 4.34. The fourth-order valence-corrected chi connectivity index (χ4v) is 2.51. The van der Waals surface area contributed by atoms with E-state index in [9.17, 15) is 0 Å². The third-order valence-electron chi connectivity index (χ3n) is 2.69. The highest BCUT2D eigenvalue weighted by molar-refractivity contribution is 7.09. The van der Waals surface area contributed by atoms with Crippen molar-refractivity contribution in [2.75, 3.05) is 11.4 Å². The Balaban J connectivity index is 2.85. The number of anilines is 1. The van der Waals surface area contributed by atoms with E-state index in [1.54, 1.807) is 0 Å². The van der Waals surface area contributed by atoms with Gasteiger partial charge in [-0.2, -0.15) is 4.37 Å². The van der Waals surface area contributed by atoms with E-state index in [1.165, 1.54) is 11.5 Å². The lowest BCUT2D eigenvalue weighted by molar-refractivity contribution is 0.317. The van der Waals surface area contributed by atoms with Crippen LogP contribution in [-0.4, -0.2) is 33.0 Å². The molecule has 6 nitrogen and oxygen atoms in total. The second kappa shape index (κ2) is 6.18. The zero-order valence-electron chi connectivity index (χ0n) is 12.2. The molecule has 0 aromatic carbocycles. The standard InChI is InChI=1S/C12H23N5OS/c1-8(2)17(7-6-9(13)15-18)11-14-10(16-19-11)12(3,4)5/h8,18H,6-7H2,1-5H3,(H2,13,15). The SMILES string of the molecule is CC(C)N(CCC(N)=NO)c1nc(C(C)(C)C)ns1. The van der Waals surface area contributed by atoms with Crippen LogP contribution in [0.1, 0.15) is 46.9 Å². The zero-order valence-corrected chi connectivity index (χ0v) is 13.0. The molecule has 19 heavy (non-hydrogen) atoms. The highest BCUT2D eigenvalue weighted by Gasteiger charge is 2.22. The minimum Gasteiger partial charge on any atom is -0.409 e. The summed E-state index contributed by atoms with van der Waals surface area (Å²) in [5.74, 6) is 1.08. The molecule has 0 unspecified atom stereocenters. The van der Waals surface area contributed by atoms with Crippen molar-refractivity contribution >= 4 is 22.5 Å². The van der Waals surface area contributed by atoms with Gasteiger partial charge in [0.2, 0.25) is 5.13 Å². The Hall–Kier alpha value is -1.37. The summed E-state index contributed by atoms with van der Waals surface area (Å²) in [6, 6.07) is 0.285. The van der Waals surface area contributed by atoms with Gasteiger partial charge in [0.15, 0.2) is 0 Å². The summed E-state index contributed by atoms with van der Waals surface area (Å²) in [5, 5.41) is 12.5. The predicted molar refractivity (Wildman–Crippen MR) is 79.1 cm³/mol. The number of aromatic nitrogens is 2. The summed E-state index contributed by atoms with van der Waals surface area (Å²) in [4.78, 5) is 6.71. The van der Waals surface area contributed by atoms with E-state index >= 15 is 0 Å². The van der Waals surface area contributed by atoms with Gasteiger partial charge in [-0.05, 0) is 13.8 Å². The van der Waals surface area contributed by atoms with Crippen LogP contribution in [0.5, 0.6) is 0 Å². The van der Waals surface area contributed by atoms with Crippen molar-refractivity contribution < 1.29 is 5.21 Å². The Morgan fingerprint density at radius 3 is 2.53 bits per heavy atom. The number of hydrogen-bond donors (Lipinski definition) is 2. The Kier molecular flexibility index (Phi) is 5.11. The Labute approximate surface area is 118 Å². The number of rotatable bonds is 5. The lowest BCUT2D eigenvalue weighted by atomic mass is 9.96. The summed E-state index contributed by atoms with van der Waals surface area (Å²) in [5.41, 5.74) is 5.46. The van der Waals surface area contributed by atoms with E-state index in [2.05, 4.69) is 54.0 Å². The van der Waals surface area contributed by atoms with Gasteiger partial charge in [-0.15, -0.1) is 0 Å². The number of hydrogen-bond acceptors (Lipinski definition) is 6. The average molecular weight is 285 g/mol. The molecule has 0 atom stereocenters. The number of amidine groups is 1. The molecule has 0 saturated heterocycles. The molecule has 0 fully saturated rings. The summed E-state index contributed by atoms with van der Waals surface area (Å²) in [6.07, 6.45) is 0.499. The molecule has 0 aliphatic rings. The third-order valence-corrected chi connectivity index (χ3v) is 3.45. The van der Waals surface area contributed by atoms with Crippen molar-refractivity contribution in [1.82, 2.24) is 9.36 Å². The molecule has 0 bridgehead atoms. The smallest absolute Gasteiger partial charge is 0.205 e. The first-order valence-electron chi connectivity index (χ1n) is 6.33. The first-order valence-corrected chi connectivity index (χ1v) is 7.10. The van der Waals surface area contributed by atoms with Crippen molar-refractivity contribution in [3.63, 3.8) is 0 Å². The molecular formula is C12H23N5OS. The van der Waals surface area contributed by atoms with E-state index in [4.69, 9.17) is 10.9 Å². The summed E-state index contributed by atoms with van der Waals surface area (Å²) >= 11 is 1.39. The van der Waals surface area contributed by atoms with Crippen LogP contribution in [0.25, 0.3) is 0 Å². The van der Waals surface area contributed by atoms with Crippen molar-refractivity contribution in [3.05, 3.63) is 5.82 Å². The quantitative estimate of drug-likeness (QED) is 0.375. The van der Waals surface area contributed by atoms with Crippen LogP contribution in [0.15, 0.2) is 5.16 Å². The Morgan fingerprint density at radius 2 is 2.11 bits per heavy atom. The van der Waals surface area contributed by atoms with Crippen molar-refractivity contribution in [3.8, 4) is 0 Å². The van der Waals surface area contributed by atoms with Crippen LogP contribution in [0.2, 0.25) is 0 Å². The topological polar surface area (TPSA) is 87.6 Å². The van der Waals surface area contributed by atoms with Crippen molar-refractivity contribution in [2.45, 2.75) is 52.5 Å². The molecule has 3 N–H and O–H groups in total. The molecule has 0 saturated carbocycles. The maximum atomic E-state index is 8.59. The minimum atomic E-state index is -0.0526. The predicted octanol–water partition coefficient (Wildman–Crippen LogP) is 2.19. The molecular weight excluding hydrogens is 262 g/mol. The molecule has 0 aliphatic carbocycles. The van der Waals surface area contributed by atoms with Gasteiger partial charge in [-0.3, -0.25) is 0 Å². The summed E-state index contributed by atoms with van der Waals surface area (Å²) < 4.78 is 4.42. The number of nitrogens with zero attached hydrogens (tertiary/aromatic N) is 4. The molecule has 0 spiro atoms. The Morgan fingerprint density at radius 1 is 1.47 bits per heavy atom. The van der Waals surface area contributed by atoms with E-state index in [1.807, 2.05) is 0 Å². The molecule has 0 radical (unpaired) electrons. The fourth-order valence-electron chi connectivity index (χ4n) is 1.50. The van der Waals surface area contributed by atoms with E-state index < -0.39 is 0 Å². The first-order chi connectivity index (χ1) is 8.75. The molecule has 0 aliphatic heterocycles. The van der Waals surface area contributed by atoms with Gasteiger partial charge < -0.3 is 15.8 Å². The normalized spacial score (nSPS) is 13.1. The summed E-state index contributed by atoms with van der Waals surface area (Å²) in [6.45, 7) is 11.1. The largest absolute Gasteiger partial charge is 0.409 e. The van der Waals surface area contributed by atoms with E-state index in [0.29, 0.717) is 13.0 Å². The first kappa shape index (κ1) is 15.7. The molecule has 0 amide bonds. The second-order valence-corrected chi connectivity index (χ2v) is 6.51. The van der Waals surface area contributed by atoms with Crippen LogP contribution >= 0.6 is 11.5 Å². The number of oxime groups is 1. The monoisotopic (exact) mass is 285 g/mol. The molecule has 1 aromatic heterocycles. The van der Waals surface area contributed by atoms with Crippen molar-refractivity contribution in [1.29, 1.82) is 0 Å². The van der Waals surface area contributed by atoms with Gasteiger partial charge in [0.05, 0.1) is 0 Å². The van der Waals surface area contributed by atoms with Crippen LogP contribution < -0.4 is 10.6 Å². The van der Waals surface area contributed by atoms with Gasteiger partial charge in [-0.1, -0.05) is 25.9 Å². The maximum Gasteiger partial charge on any atom is 0.205 e. The second-order valence-electron chi connectivity index (χ2n) is 5.78. The molecule has 108 valence electrons. The Bertz CT molecular complexity index is 436. The lowest BCUT2D eigenvalue weighted by Crippen LogP contribution is -2.34. The van der Waals surface area contributed by atoms with Gasteiger partial charge in [0.25, 0.3) is 0 Å². The minimum absolute atomic E-state index is 0.0526. The maximum absolute atomic E-state index is 8.59. The highest BCUT2D eigenvalue weighted by Crippen LogP contribution is 2.26. The van der Waals surface area contributed by atoms with Gasteiger partial charge >= 0.3 is 0 Å².